The maximum Gasteiger partial charge on any atom is 0.274 e. The summed E-state index contributed by atoms with van der Waals surface area (Å²) in [4.78, 5) is 14.4. The summed E-state index contributed by atoms with van der Waals surface area (Å²) in [7, 11) is 0. The number of hydrogen-bond donors (Lipinski definition) is 2. The number of aromatic nitrogens is 4. The van der Waals surface area contributed by atoms with Gasteiger partial charge >= 0.3 is 0 Å². The van der Waals surface area contributed by atoms with E-state index < -0.39 is 0 Å². The SMILES string of the molecule is CCCc1cc(C(=O)N2CCC(Nc3ccc(C)nn3)CC2)n[nH]1. The molecule has 0 bridgehead atoms. The molecule has 1 aliphatic heterocycles. The van der Waals surface area contributed by atoms with Crippen LogP contribution in [-0.2, 0) is 6.42 Å². The van der Waals surface area contributed by atoms with Crippen LogP contribution in [-0.4, -0.2) is 50.3 Å². The van der Waals surface area contributed by atoms with Crippen LogP contribution in [0, 0.1) is 6.92 Å². The van der Waals surface area contributed by atoms with Gasteiger partial charge in [0, 0.05) is 24.8 Å². The van der Waals surface area contributed by atoms with Gasteiger partial charge in [0.15, 0.2) is 0 Å². The van der Waals surface area contributed by atoms with Crippen molar-refractivity contribution in [3.63, 3.8) is 0 Å². The summed E-state index contributed by atoms with van der Waals surface area (Å²) in [6, 6.07) is 6.08. The number of nitrogens with zero attached hydrogens (tertiary/aromatic N) is 4. The molecule has 2 aromatic rings. The van der Waals surface area contributed by atoms with E-state index in [2.05, 4.69) is 32.6 Å². The molecule has 3 heterocycles. The van der Waals surface area contributed by atoms with Crippen molar-refractivity contribution in [3.05, 3.63) is 35.3 Å². The van der Waals surface area contributed by atoms with E-state index in [1.54, 1.807) is 0 Å². The lowest BCUT2D eigenvalue weighted by molar-refractivity contribution is 0.0712. The largest absolute Gasteiger partial charge is 0.366 e. The van der Waals surface area contributed by atoms with Crippen LogP contribution < -0.4 is 5.32 Å². The second-order valence-electron chi connectivity index (χ2n) is 6.30. The normalized spacial score (nSPS) is 15.5. The van der Waals surface area contributed by atoms with Crippen LogP contribution in [0.25, 0.3) is 0 Å². The van der Waals surface area contributed by atoms with Gasteiger partial charge in [0.05, 0.1) is 5.69 Å². The van der Waals surface area contributed by atoms with Gasteiger partial charge in [-0.25, -0.2) is 0 Å². The van der Waals surface area contributed by atoms with Crippen molar-refractivity contribution in [3.8, 4) is 0 Å². The highest BCUT2D eigenvalue weighted by molar-refractivity contribution is 5.92. The maximum atomic E-state index is 12.5. The summed E-state index contributed by atoms with van der Waals surface area (Å²) in [5.74, 6) is 0.809. The van der Waals surface area contributed by atoms with Gasteiger partial charge in [-0.15, -0.1) is 5.10 Å². The number of amides is 1. The molecule has 1 aliphatic rings. The Bertz CT molecular complexity index is 673. The highest BCUT2D eigenvalue weighted by Gasteiger charge is 2.25. The van der Waals surface area contributed by atoms with Gasteiger partial charge in [-0.05, 0) is 44.4 Å². The lowest BCUT2D eigenvalue weighted by Crippen LogP contribution is -2.42. The number of piperidine rings is 1. The third-order valence-electron chi connectivity index (χ3n) is 4.30. The number of aromatic amines is 1. The second-order valence-corrected chi connectivity index (χ2v) is 6.30. The van der Waals surface area contributed by atoms with Crippen LogP contribution in [0.15, 0.2) is 18.2 Å². The first kappa shape index (κ1) is 16.4. The molecule has 0 spiro atoms. The molecule has 7 heteroatoms. The summed E-state index contributed by atoms with van der Waals surface area (Å²) >= 11 is 0. The fraction of sp³-hybridized carbons (Fsp3) is 0.529. The molecule has 1 amide bonds. The van der Waals surface area contributed by atoms with Gasteiger partial charge in [0.25, 0.3) is 5.91 Å². The average Bonchev–Trinajstić information content (AvgIpc) is 3.06. The molecule has 1 saturated heterocycles. The van der Waals surface area contributed by atoms with E-state index >= 15 is 0 Å². The molecule has 0 aromatic carbocycles. The van der Waals surface area contributed by atoms with Gasteiger partial charge in [-0.2, -0.15) is 10.2 Å². The molecule has 1 fully saturated rings. The standard InChI is InChI=1S/C17H24N6O/c1-3-4-14-11-15(21-20-14)17(24)23-9-7-13(8-10-23)18-16-6-5-12(2)19-22-16/h5-6,11,13H,3-4,7-10H2,1-2H3,(H,18,22)(H,20,21). The Hall–Kier alpha value is -2.44. The van der Waals surface area contributed by atoms with Crippen molar-refractivity contribution in [1.29, 1.82) is 0 Å². The number of nitrogens with one attached hydrogen (secondary N) is 2. The Kier molecular flexibility index (Phi) is 5.08. The van der Waals surface area contributed by atoms with Gasteiger partial charge in [0.1, 0.15) is 11.5 Å². The molecular formula is C17H24N6O. The maximum absolute atomic E-state index is 12.5. The summed E-state index contributed by atoms with van der Waals surface area (Å²) in [6.45, 7) is 5.48. The Morgan fingerprint density at radius 2 is 2.12 bits per heavy atom. The molecule has 7 nitrogen and oxygen atoms in total. The van der Waals surface area contributed by atoms with E-state index in [0.717, 1.165) is 56.0 Å². The first-order chi connectivity index (χ1) is 11.7. The minimum atomic E-state index is 0.0159. The molecule has 0 saturated carbocycles. The molecule has 0 radical (unpaired) electrons. The van der Waals surface area contributed by atoms with E-state index in [4.69, 9.17) is 0 Å². The van der Waals surface area contributed by atoms with Crippen LogP contribution >= 0.6 is 0 Å². The molecule has 2 aromatic heterocycles. The number of carbonyl (C=O) groups is 1. The number of aryl methyl sites for hydroxylation is 2. The Balaban J connectivity index is 1.52. The second kappa shape index (κ2) is 7.42. The zero-order valence-electron chi connectivity index (χ0n) is 14.2. The van der Waals surface area contributed by atoms with Crippen molar-refractivity contribution in [2.24, 2.45) is 0 Å². The van der Waals surface area contributed by atoms with Crippen LogP contribution in [0.5, 0.6) is 0 Å². The number of H-pyrrole nitrogens is 1. The molecule has 0 unspecified atom stereocenters. The average molecular weight is 328 g/mol. The predicted octanol–water partition coefficient (Wildman–Crippen LogP) is 2.18. The number of rotatable bonds is 5. The molecule has 0 atom stereocenters. The van der Waals surface area contributed by atoms with E-state index in [1.165, 1.54) is 0 Å². The first-order valence-corrected chi connectivity index (χ1v) is 8.56. The highest BCUT2D eigenvalue weighted by Crippen LogP contribution is 2.17. The number of anilines is 1. The fourth-order valence-electron chi connectivity index (χ4n) is 2.94. The minimum Gasteiger partial charge on any atom is -0.366 e. The topological polar surface area (TPSA) is 86.8 Å². The van der Waals surface area contributed by atoms with Gasteiger partial charge < -0.3 is 10.2 Å². The third-order valence-corrected chi connectivity index (χ3v) is 4.30. The van der Waals surface area contributed by atoms with Crippen LogP contribution in [0.1, 0.15) is 48.1 Å². The third kappa shape index (κ3) is 3.90. The van der Waals surface area contributed by atoms with E-state index in [-0.39, 0.29) is 5.91 Å². The van der Waals surface area contributed by atoms with Crippen molar-refractivity contribution < 1.29 is 4.79 Å². The number of likely N-dealkylation sites (tertiary alicyclic amines) is 1. The number of carbonyl (C=O) groups excluding carboxylic acids is 1. The molecule has 2 N–H and O–H groups in total. The van der Waals surface area contributed by atoms with Crippen molar-refractivity contribution in [2.45, 2.75) is 45.6 Å². The molecule has 0 aliphatic carbocycles. The van der Waals surface area contributed by atoms with E-state index in [9.17, 15) is 4.79 Å². The van der Waals surface area contributed by atoms with Gasteiger partial charge in [-0.1, -0.05) is 13.3 Å². The monoisotopic (exact) mass is 328 g/mol. The first-order valence-electron chi connectivity index (χ1n) is 8.56. The van der Waals surface area contributed by atoms with Crippen LogP contribution in [0.4, 0.5) is 5.82 Å². The predicted molar refractivity (Wildman–Crippen MR) is 91.9 cm³/mol. The lowest BCUT2D eigenvalue weighted by atomic mass is 10.0. The molecule has 3 rings (SSSR count). The van der Waals surface area contributed by atoms with Gasteiger partial charge in [0.2, 0.25) is 0 Å². The fourth-order valence-corrected chi connectivity index (χ4v) is 2.94. The number of hydrogen-bond acceptors (Lipinski definition) is 5. The highest BCUT2D eigenvalue weighted by atomic mass is 16.2. The Morgan fingerprint density at radius 1 is 1.33 bits per heavy atom. The van der Waals surface area contributed by atoms with Crippen molar-refractivity contribution in [1.82, 2.24) is 25.3 Å². The smallest absolute Gasteiger partial charge is 0.274 e. The molecule has 24 heavy (non-hydrogen) atoms. The van der Waals surface area contributed by atoms with Crippen molar-refractivity contribution >= 4 is 11.7 Å². The zero-order valence-corrected chi connectivity index (χ0v) is 14.2. The minimum absolute atomic E-state index is 0.0159. The molecular weight excluding hydrogens is 304 g/mol. The van der Waals surface area contributed by atoms with Crippen LogP contribution in [0.3, 0.4) is 0 Å². The van der Waals surface area contributed by atoms with Gasteiger partial charge in [-0.3, -0.25) is 9.89 Å². The Labute approximate surface area is 141 Å². The quantitative estimate of drug-likeness (QED) is 0.878. The van der Waals surface area contributed by atoms with E-state index in [0.29, 0.717) is 11.7 Å². The summed E-state index contributed by atoms with van der Waals surface area (Å²) in [6.07, 6.45) is 3.75. The molecule has 128 valence electrons. The summed E-state index contributed by atoms with van der Waals surface area (Å²) in [5.41, 5.74) is 2.45. The summed E-state index contributed by atoms with van der Waals surface area (Å²) in [5, 5.41) is 18.7. The van der Waals surface area contributed by atoms with Crippen molar-refractivity contribution in [2.75, 3.05) is 18.4 Å². The Morgan fingerprint density at radius 3 is 2.79 bits per heavy atom. The van der Waals surface area contributed by atoms with Crippen LogP contribution in [0.2, 0.25) is 0 Å². The zero-order chi connectivity index (χ0) is 16.9. The van der Waals surface area contributed by atoms with E-state index in [1.807, 2.05) is 30.0 Å². The summed E-state index contributed by atoms with van der Waals surface area (Å²) < 4.78 is 0. The lowest BCUT2D eigenvalue weighted by Gasteiger charge is -2.32.